The smallest absolute Gasteiger partial charge is 0.269 e. The van der Waals surface area contributed by atoms with Crippen molar-refractivity contribution in [3.8, 4) is 22.8 Å². The summed E-state index contributed by atoms with van der Waals surface area (Å²) in [6.07, 6.45) is 4.41. The van der Waals surface area contributed by atoms with E-state index >= 15 is 0 Å². The van der Waals surface area contributed by atoms with Gasteiger partial charge in [-0.2, -0.15) is 0 Å². The van der Waals surface area contributed by atoms with E-state index in [9.17, 15) is 4.79 Å². The summed E-state index contributed by atoms with van der Waals surface area (Å²) in [5.74, 6) is 1.19. The monoisotopic (exact) mass is 431 g/mol. The Kier molecular flexibility index (Phi) is 6.59. The Bertz CT molecular complexity index is 1250. The number of H-pyrrole nitrogens is 1. The molecule has 0 spiro atoms. The number of unbranched alkanes of at least 4 members (excludes halogenated alkanes) is 3. The zero-order valence-electron chi connectivity index (χ0n) is 18.8. The first-order chi connectivity index (χ1) is 15.7. The van der Waals surface area contributed by atoms with Crippen LogP contribution < -0.4 is 14.8 Å². The molecule has 0 unspecified atom stereocenters. The number of fused-ring (bicyclic) bond motifs is 3. The molecule has 2 aromatic heterocycles. The van der Waals surface area contributed by atoms with E-state index in [-0.39, 0.29) is 5.91 Å². The average molecular weight is 432 g/mol. The van der Waals surface area contributed by atoms with Crippen LogP contribution in [0.4, 0.5) is 0 Å². The van der Waals surface area contributed by atoms with Crippen LogP contribution in [0.25, 0.3) is 33.1 Å². The van der Waals surface area contributed by atoms with Crippen molar-refractivity contribution in [2.45, 2.75) is 32.6 Å². The van der Waals surface area contributed by atoms with E-state index < -0.39 is 0 Å². The first-order valence-corrected chi connectivity index (χ1v) is 11.1. The van der Waals surface area contributed by atoms with E-state index in [1.807, 2.05) is 48.5 Å². The number of carbonyl (C=O) groups excluding carboxylic acids is 1. The highest BCUT2D eigenvalue weighted by Crippen LogP contribution is 2.38. The highest BCUT2D eigenvalue weighted by atomic mass is 16.5. The second-order valence-electron chi connectivity index (χ2n) is 7.83. The van der Waals surface area contributed by atoms with Crippen LogP contribution in [0.1, 0.15) is 43.1 Å². The molecule has 4 rings (SSSR count). The Hall–Kier alpha value is -3.54. The third-order valence-corrected chi connectivity index (χ3v) is 5.71. The Morgan fingerprint density at radius 2 is 1.84 bits per heavy atom. The summed E-state index contributed by atoms with van der Waals surface area (Å²) in [7, 11) is 3.25. The topological polar surface area (TPSA) is 76.2 Å². The number of carbonyl (C=O) groups is 1. The van der Waals surface area contributed by atoms with Gasteiger partial charge in [-0.05, 0) is 36.8 Å². The van der Waals surface area contributed by atoms with Gasteiger partial charge in [-0.15, -0.1) is 0 Å². The van der Waals surface area contributed by atoms with Crippen molar-refractivity contribution in [2.75, 3.05) is 20.8 Å². The van der Waals surface area contributed by atoms with Crippen LogP contribution in [0, 0.1) is 0 Å². The van der Waals surface area contributed by atoms with Gasteiger partial charge in [0.05, 0.1) is 25.4 Å². The number of ether oxygens (including phenoxy) is 2. The number of hydrogen-bond donors (Lipinski definition) is 2. The number of amides is 1. The van der Waals surface area contributed by atoms with Crippen LogP contribution in [0.15, 0.2) is 48.5 Å². The Balaban J connectivity index is 1.84. The van der Waals surface area contributed by atoms with Crippen molar-refractivity contribution in [1.82, 2.24) is 15.3 Å². The number of aromatic nitrogens is 2. The number of nitrogens with zero attached hydrogens (tertiary/aromatic N) is 1. The number of benzene rings is 2. The van der Waals surface area contributed by atoms with Crippen molar-refractivity contribution in [3.63, 3.8) is 0 Å². The molecule has 2 aromatic carbocycles. The molecule has 4 aromatic rings. The molecule has 0 radical (unpaired) electrons. The van der Waals surface area contributed by atoms with Gasteiger partial charge in [0.2, 0.25) is 0 Å². The van der Waals surface area contributed by atoms with Crippen molar-refractivity contribution in [2.24, 2.45) is 0 Å². The molecule has 1 amide bonds. The third-order valence-electron chi connectivity index (χ3n) is 5.71. The molecule has 0 bridgehead atoms. The summed E-state index contributed by atoms with van der Waals surface area (Å²) < 4.78 is 11.1. The maximum Gasteiger partial charge on any atom is 0.269 e. The number of methoxy groups -OCH3 is 2. The molecule has 0 fully saturated rings. The van der Waals surface area contributed by atoms with Gasteiger partial charge in [0.15, 0.2) is 0 Å². The first-order valence-electron chi connectivity index (χ1n) is 11.1. The standard InChI is InChI=1S/C26H29N3O3/c1-4-5-6-9-14-27-26(30)22-16-19-18-10-7-8-11-21(18)28-24(19)25(29-22)20-15-17(31-2)12-13-23(20)32-3/h7-8,10-13,15-16,28H,4-6,9,14H2,1-3H3,(H,27,30). The van der Waals surface area contributed by atoms with Gasteiger partial charge in [0.25, 0.3) is 5.91 Å². The van der Waals surface area contributed by atoms with Gasteiger partial charge in [-0.25, -0.2) is 4.98 Å². The number of para-hydroxylation sites is 1. The molecule has 0 saturated carbocycles. The highest BCUT2D eigenvalue weighted by molar-refractivity contribution is 6.13. The molecule has 2 heterocycles. The van der Waals surface area contributed by atoms with Crippen molar-refractivity contribution in [1.29, 1.82) is 0 Å². The van der Waals surface area contributed by atoms with Crippen LogP contribution in [0.3, 0.4) is 0 Å². The molecular weight excluding hydrogens is 402 g/mol. The quantitative estimate of drug-likeness (QED) is 0.333. The molecule has 166 valence electrons. The molecule has 0 saturated heterocycles. The largest absolute Gasteiger partial charge is 0.497 e. The summed E-state index contributed by atoms with van der Waals surface area (Å²) in [4.78, 5) is 21.3. The number of hydrogen-bond acceptors (Lipinski definition) is 4. The summed E-state index contributed by atoms with van der Waals surface area (Å²) >= 11 is 0. The zero-order chi connectivity index (χ0) is 22.5. The molecule has 0 aliphatic rings. The van der Waals surface area contributed by atoms with Crippen molar-refractivity contribution < 1.29 is 14.3 Å². The minimum Gasteiger partial charge on any atom is -0.497 e. The lowest BCUT2D eigenvalue weighted by Crippen LogP contribution is -2.25. The van der Waals surface area contributed by atoms with Gasteiger partial charge in [-0.3, -0.25) is 4.79 Å². The fourth-order valence-corrected chi connectivity index (χ4v) is 4.00. The molecule has 32 heavy (non-hydrogen) atoms. The summed E-state index contributed by atoms with van der Waals surface area (Å²) in [6.45, 7) is 2.82. The van der Waals surface area contributed by atoms with E-state index in [0.29, 0.717) is 29.4 Å². The van der Waals surface area contributed by atoms with Crippen LogP contribution in [-0.2, 0) is 0 Å². The summed E-state index contributed by atoms with van der Waals surface area (Å²) in [5, 5.41) is 5.02. The number of nitrogens with one attached hydrogen (secondary N) is 2. The second-order valence-corrected chi connectivity index (χ2v) is 7.83. The van der Waals surface area contributed by atoms with E-state index in [0.717, 1.165) is 40.2 Å². The fraction of sp³-hybridized carbons (Fsp3) is 0.308. The maximum absolute atomic E-state index is 13.0. The lowest BCUT2D eigenvalue weighted by Gasteiger charge is -2.13. The molecular formula is C26H29N3O3. The Morgan fingerprint density at radius 1 is 1.00 bits per heavy atom. The van der Waals surface area contributed by atoms with Gasteiger partial charge in [0.1, 0.15) is 17.2 Å². The van der Waals surface area contributed by atoms with Crippen LogP contribution in [0.2, 0.25) is 0 Å². The molecule has 0 atom stereocenters. The molecule has 0 aliphatic carbocycles. The molecule has 6 nitrogen and oxygen atoms in total. The number of pyridine rings is 1. The third kappa shape index (κ3) is 4.26. The lowest BCUT2D eigenvalue weighted by molar-refractivity contribution is 0.0948. The second kappa shape index (κ2) is 9.73. The van der Waals surface area contributed by atoms with Gasteiger partial charge < -0.3 is 19.8 Å². The minimum absolute atomic E-state index is 0.170. The van der Waals surface area contributed by atoms with E-state index in [1.54, 1.807) is 14.2 Å². The SMILES string of the molecule is CCCCCCNC(=O)c1cc2c([nH]c3ccccc32)c(-c2cc(OC)ccc2OC)n1. The number of aromatic amines is 1. The fourth-order valence-electron chi connectivity index (χ4n) is 4.00. The van der Waals surface area contributed by atoms with E-state index in [2.05, 4.69) is 17.2 Å². The summed E-state index contributed by atoms with van der Waals surface area (Å²) in [6, 6.07) is 15.5. The van der Waals surface area contributed by atoms with Gasteiger partial charge in [-0.1, -0.05) is 44.4 Å². The van der Waals surface area contributed by atoms with Gasteiger partial charge in [0, 0.05) is 28.4 Å². The van der Waals surface area contributed by atoms with E-state index in [4.69, 9.17) is 14.5 Å². The van der Waals surface area contributed by atoms with Crippen molar-refractivity contribution >= 4 is 27.7 Å². The maximum atomic E-state index is 13.0. The van der Waals surface area contributed by atoms with Crippen LogP contribution in [0.5, 0.6) is 11.5 Å². The van der Waals surface area contributed by atoms with Crippen molar-refractivity contribution in [3.05, 3.63) is 54.2 Å². The molecule has 2 N–H and O–H groups in total. The van der Waals surface area contributed by atoms with E-state index in [1.165, 1.54) is 12.8 Å². The summed E-state index contributed by atoms with van der Waals surface area (Å²) in [5.41, 5.74) is 3.66. The van der Waals surface area contributed by atoms with Gasteiger partial charge >= 0.3 is 0 Å². The highest BCUT2D eigenvalue weighted by Gasteiger charge is 2.19. The minimum atomic E-state index is -0.170. The van der Waals surface area contributed by atoms with Crippen LogP contribution in [-0.4, -0.2) is 36.6 Å². The Morgan fingerprint density at radius 3 is 2.62 bits per heavy atom. The molecule has 6 heteroatoms. The lowest BCUT2D eigenvalue weighted by atomic mass is 10.0. The Labute approximate surface area is 188 Å². The zero-order valence-corrected chi connectivity index (χ0v) is 18.8. The predicted octanol–water partition coefficient (Wildman–Crippen LogP) is 5.71. The average Bonchev–Trinajstić information content (AvgIpc) is 3.21. The molecule has 0 aliphatic heterocycles. The predicted molar refractivity (Wildman–Crippen MR) is 129 cm³/mol. The number of rotatable bonds is 9. The normalized spacial score (nSPS) is 11.1. The van der Waals surface area contributed by atoms with Crippen LogP contribution >= 0.6 is 0 Å². The first kappa shape index (κ1) is 21.7.